The van der Waals surface area contributed by atoms with E-state index in [9.17, 15) is 67.1 Å². The highest BCUT2D eigenvalue weighted by atomic mass is 16.4. The number of rotatable bonds is 22. The molecule has 0 fully saturated rings. The molecule has 3 unspecified atom stereocenters. The number of anilines is 3. The first-order chi connectivity index (χ1) is 44.6. The fraction of sp³-hybridized carbons (Fsp3) is 0.271. The number of benzene rings is 3. The molecule has 0 spiro atoms. The fourth-order valence-corrected chi connectivity index (χ4v) is 9.68. The molecule has 3 aliphatic rings. The van der Waals surface area contributed by atoms with Gasteiger partial charge in [-0.3, -0.25) is 66.4 Å². The Kier molecular flexibility index (Phi) is 23.6. The van der Waals surface area contributed by atoms with Gasteiger partial charge in [-0.1, -0.05) is 61.5 Å². The van der Waals surface area contributed by atoms with Gasteiger partial charge in [0.15, 0.2) is 0 Å². The highest BCUT2D eigenvalue weighted by Crippen LogP contribution is 2.26. The van der Waals surface area contributed by atoms with Crippen LogP contribution >= 0.6 is 0 Å². The number of nitrogens with one attached hydrogen (secondary N) is 8. The summed E-state index contributed by atoms with van der Waals surface area (Å²) in [4.78, 5) is 181. The van der Waals surface area contributed by atoms with Crippen LogP contribution in [0.4, 0.5) is 26.7 Å². The van der Waals surface area contributed by atoms with Crippen LogP contribution in [-0.2, 0) is 48.0 Å². The number of hydrogen-bond donors (Lipinski definition) is 12. The molecule has 6 aromatic rings. The maximum Gasteiger partial charge on any atom is 0.332 e. The molecule has 14 N–H and O–H groups in total. The summed E-state index contributed by atoms with van der Waals surface area (Å²) in [6.45, 7) is 1.83. The quantitative estimate of drug-likeness (QED) is 0.0247. The minimum Gasteiger partial charge on any atom is -0.481 e. The van der Waals surface area contributed by atoms with Crippen molar-refractivity contribution in [3.05, 3.63) is 175 Å². The number of aliphatic carboxylic acids is 2. The molecule has 0 radical (unpaired) electrons. The van der Waals surface area contributed by atoms with E-state index in [1.807, 2.05) is 12.3 Å². The van der Waals surface area contributed by atoms with Gasteiger partial charge in [-0.05, 0) is 62.1 Å². The summed E-state index contributed by atoms with van der Waals surface area (Å²) < 4.78 is 3.65. The van der Waals surface area contributed by atoms with E-state index in [1.165, 1.54) is 38.5 Å². The number of urea groups is 2. The second kappa shape index (κ2) is 32.2. The third kappa shape index (κ3) is 18.4. The number of carbonyl (C=O) groups is 11. The molecule has 3 aromatic heterocycles. The van der Waals surface area contributed by atoms with Crippen LogP contribution in [0.1, 0.15) is 112 Å². The minimum absolute atomic E-state index is 0.00318. The van der Waals surface area contributed by atoms with Crippen LogP contribution in [-0.4, -0.2) is 135 Å². The fourth-order valence-electron chi connectivity index (χ4n) is 9.68. The number of fused-ring (bicyclic) bond motifs is 3. The van der Waals surface area contributed by atoms with Gasteiger partial charge in [0.25, 0.3) is 34.4 Å². The van der Waals surface area contributed by atoms with Crippen molar-refractivity contribution in [3.8, 4) is 0 Å². The number of carbonyl (C=O) groups excluding carboxylic acids is 9. The lowest BCUT2D eigenvalue weighted by molar-refractivity contribution is -0.139. The van der Waals surface area contributed by atoms with Crippen LogP contribution in [0.15, 0.2) is 134 Å². The highest BCUT2D eigenvalue weighted by Gasteiger charge is 2.36. The molecule has 3 aromatic carbocycles. The normalized spacial score (nSPS) is 15.7. The standard InChI is InChI=1S/C20H21N7O6.C20H23N7O4.C19H18N4O6/c21-20(33)26-23-9-12(8-16(28)29)24-18(31)14-6-7-15-22-10-13(19(32)27(14)15)25-17(30)11-4-2-1-3-5-11;1-2-13(10-23-26-20(21)31)24-18(29)15-8-9-16-22-11-14(19(30)27(15)16)25-17(28)12-6-4-3-5-7-12;24-10-12(8-16(25)26)21-18(28)14-6-7-15-20-9-13(19(29)23(14)15)22-17(27)11-4-2-1-3-5-11/h1-5,9-10,12,14H,6-8H2,(H,24,31)(H,25,30)(H,28,29)(H3,21,26,33);3-7,10-11,13,15H,2,8-9H2,1H3,(H,24,29)(H,25,28)(H3,21,26,31);1-5,9-10,12,14H,6-8H2,(H,21,28)(H,22,27)(H,25,26)/b23-9-;23-10-;/t12-,14?;13-,15?;12-,14?/m000/s1. The second-order valence-corrected chi connectivity index (χ2v) is 20.5. The summed E-state index contributed by atoms with van der Waals surface area (Å²) in [6.07, 6.45) is 7.99. The number of primary amides is 2. The lowest BCUT2D eigenvalue weighted by Gasteiger charge is -2.18. The summed E-state index contributed by atoms with van der Waals surface area (Å²) in [5, 5.41) is 40.2. The van der Waals surface area contributed by atoms with Crippen molar-refractivity contribution in [1.29, 1.82) is 0 Å². The van der Waals surface area contributed by atoms with Crippen LogP contribution in [0.5, 0.6) is 0 Å². The summed E-state index contributed by atoms with van der Waals surface area (Å²) in [6, 6.07) is 17.8. The molecule has 93 heavy (non-hydrogen) atoms. The van der Waals surface area contributed by atoms with Crippen molar-refractivity contribution in [3.63, 3.8) is 0 Å². The molecule has 9 rings (SSSR count). The Morgan fingerprint density at radius 2 is 0.806 bits per heavy atom. The van der Waals surface area contributed by atoms with E-state index in [2.05, 4.69) is 62.5 Å². The molecule has 0 bridgehead atoms. The number of hydrazone groups is 2. The van der Waals surface area contributed by atoms with Gasteiger partial charge < -0.3 is 58.4 Å². The average Bonchev–Trinajstić information content (AvgIpc) is 1.70. The van der Waals surface area contributed by atoms with Crippen LogP contribution in [0, 0.1) is 0 Å². The lowest BCUT2D eigenvalue weighted by Crippen LogP contribution is -2.43. The van der Waals surface area contributed by atoms with Crippen molar-refractivity contribution in [2.24, 2.45) is 21.7 Å². The number of aryl methyl sites for hydroxylation is 3. The Balaban J connectivity index is 0.000000198. The Hall–Kier alpha value is -12.4. The van der Waals surface area contributed by atoms with Crippen molar-refractivity contribution >= 4 is 95.2 Å². The third-order valence-corrected chi connectivity index (χ3v) is 14.1. The topological polar surface area (TPSA) is 506 Å². The zero-order valence-electron chi connectivity index (χ0n) is 49.3. The van der Waals surface area contributed by atoms with E-state index < -0.39 is 119 Å². The molecule has 10 amide bonds. The first kappa shape index (κ1) is 68.1. The van der Waals surface area contributed by atoms with E-state index in [-0.39, 0.29) is 35.8 Å². The Bertz CT molecular complexity index is 4070. The Labute approximate surface area is 525 Å². The minimum atomic E-state index is -1.24. The first-order valence-electron chi connectivity index (χ1n) is 28.4. The summed E-state index contributed by atoms with van der Waals surface area (Å²) in [7, 11) is 0. The first-order valence-corrected chi connectivity index (χ1v) is 28.4. The van der Waals surface area contributed by atoms with Gasteiger partial charge in [0.1, 0.15) is 58.9 Å². The van der Waals surface area contributed by atoms with Gasteiger partial charge >= 0.3 is 24.0 Å². The van der Waals surface area contributed by atoms with E-state index >= 15 is 0 Å². The Morgan fingerprint density at radius 3 is 1.11 bits per heavy atom. The van der Waals surface area contributed by atoms with Gasteiger partial charge in [-0.15, -0.1) is 0 Å². The largest absolute Gasteiger partial charge is 0.481 e. The molecule has 484 valence electrons. The number of aldehydes is 1. The number of hydrogen-bond acceptors (Lipinski definition) is 19. The van der Waals surface area contributed by atoms with Crippen molar-refractivity contribution < 1.29 is 63.0 Å². The number of nitrogens with two attached hydrogens (primary N) is 2. The molecule has 34 nitrogen and oxygen atoms in total. The van der Waals surface area contributed by atoms with Gasteiger partial charge in [-0.2, -0.15) is 10.2 Å². The van der Waals surface area contributed by atoms with Gasteiger partial charge in [0.2, 0.25) is 17.7 Å². The number of amides is 10. The Morgan fingerprint density at radius 1 is 0.505 bits per heavy atom. The SMILES string of the molecule is CC[C@@H](/C=N\NC(N)=O)NC(=O)C1CCc2ncc(NC(=O)c3ccccc3)c(=O)n21.NC(=O)N/N=C\[C@H](CC(=O)O)NC(=O)C1CCc2ncc(NC(=O)c3ccccc3)c(=O)n21.O=C[C@H](CC(=O)O)NC(=O)C1CCc2ncc(NC(=O)c3ccccc3)c(=O)n21. The zero-order valence-corrected chi connectivity index (χ0v) is 49.3. The molecule has 6 atom stereocenters. The smallest absolute Gasteiger partial charge is 0.332 e. The molecule has 3 aliphatic heterocycles. The van der Waals surface area contributed by atoms with Gasteiger partial charge in [0, 0.05) is 48.4 Å². The second-order valence-electron chi connectivity index (χ2n) is 20.5. The molecular formula is C59H62N18O16. The third-order valence-electron chi connectivity index (χ3n) is 14.1. The lowest BCUT2D eigenvalue weighted by atomic mass is 10.1. The van der Waals surface area contributed by atoms with E-state index in [4.69, 9.17) is 21.7 Å². The number of aromatic nitrogens is 6. The van der Waals surface area contributed by atoms with Gasteiger partial charge in [-0.25, -0.2) is 35.4 Å². The van der Waals surface area contributed by atoms with E-state index in [0.717, 1.165) is 6.21 Å². The van der Waals surface area contributed by atoms with Crippen LogP contribution in [0.25, 0.3) is 0 Å². The number of carboxylic acid groups (broad SMARTS) is 2. The monoisotopic (exact) mass is 1280 g/mol. The molecule has 0 saturated heterocycles. The number of carboxylic acids is 2. The summed E-state index contributed by atoms with van der Waals surface area (Å²) in [5.74, 6) is -4.37. The maximum absolute atomic E-state index is 13.0. The van der Waals surface area contributed by atoms with Gasteiger partial charge in [0.05, 0.1) is 49.6 Å². The van der Waals surface area contributed by atoms with Crippen molar-refractivity contribution in [2.75, 3.05) is 16.0 Å². The highest BCUT2D eigenvalue weighted by molar-refractivity contribution is 6.05. The molecular weight excluding hydrogens is 1220 g/mol. The zero-order chi connectivity index (χ0) is 67.3. The van der Waals surface area contributed by atoms with Crippen LogP contribution in [0.3, 0.4) is 0 Å². The van der Waals surface area contributed by atoms with E-state index in [0.29, 0.717) is 72.6 Å². The van der Waals surface area contributed by atoms with Crippen molar-refractivity contribution in [2.45, 2.75) is 101 Å². The number of nitrogens with zero attached hydrogens (tertiary/aromatic N) is 8. The summed E-state index contributed by atoms with van der Waals surface area (Å²) in [5.41, 5.74) is 13.0. The maximum atomic E-state index is 13.0. The predicted octanol–water partition coefficient (Wildman–Crippen LogP) is 0.270. The summed E-state index contributed by atoms with van der Waals surface area (Å²) >= 11 is 0. The average molecular weight is 1280 g/mol. The molecule has 34 heteroatoms. The van der Waals surface area contributed by atoms with Crippen LogP contribution in [0.2, 0.25) is 0 Å². The predicted molar refractivity (Wildman–Crippen MR) is 330 cm³/mol. The molecule has 0 aliphatic carbocycles. The molecule has 0 saturated carbocycles. The van der Waals surface area contributed by atoms with E-state index in [1.54, 1.807) is 91.0 Å². The van der Waals surface area contributed by atoms with Crippen molar-refractivity contribution in [1.82, 2.24) is 55.5 Å². The van der Waals surface area contributed by atoms with Crippen LogP contribution < -0.4 is 70.9 Å². The molecule has 6 heterocycles.